The maximum Gasteiger partial charge on any atom is 0.268 e. The Hall–Kier alpha value is -1.28. The standard InChI is InChI=1S/C67H131N2O6P/c1-6-8-10-12-14-16-18-20-22-24-26-28-29-30-31-32-33-34-35-36-37-38-39-41-43-45-47-49-51-53-55-57-59-61-67(71)68-65(64-75-76(72,73)74-63-62-69(3,4)5)66(70)60-58-56-54-52-50-48-46-44-42-40-27-25-23-21-19-17-15-13-11-9-7-2/h42,44,50,52,58,60,65-66,70H,6-41,43,45-49,51,53-57,59,61-64H2,1-5H3,(H-,68,71,72,73)/b44-42+,52-50+,60-58+. The maximum atomic E-state index is 13.0. The molecule has 0 rings (SSSR count). The van der Waals surface area contributed by atoms with Gasteiger partial charge in [-0.3, -0.25) is 9.36 Å². The van der Waals surface area contributed by atoms with Crippen molar-refractivity contribution in [3.8, 4) is 0 Å². The van der Waals surface area contributed by atoms with Crippen LogP contribution in [0.15, 0.2) is 36.5 Å². The number of rotatable bonds is 62. The average Bonchev–Trinajstić information content (AvgIpc) is 3.38. The van der Waals surface area contributed by atoms with E-state index in [4.69, 9.17) is 9.05 Å². The molecule has 0 aromatic heterocycles. The minimum absolute atomic E-state index is 0.00721. The molecule has 0 saturated carbocycles. The summed E-state index contributed by atoms with van der Waals surface area (Å²) < 4.78 is 23.4. The van der Waals surface area contributed by atoms with Gasteiger partial charge in [0.15, 0.2) is 0 Å². The van der Waals surface area contributed by atoms with Crippen molar-refractivity contribution in [2.75, 3.05) is 40.9 Å². The van der Waals surface area contributed by atoms with Crippen LogP contribution in [0.25, 0.3) is 0 Å². The third kappa shape index (κ3) is 60.4. The van der Waals surface area contributed by atoms with E-state index < -0.39 is 26.6 Å². The zero-order valence-corrected chi connectivity index (χ0v) is 52.4. The van der Waals surface area contributed by atoms with Crippen molar-refractivity contribution in [3.05, 3.63) is 36.5 Å². The number of aliphatic hydroxyl groups excluding tert-OH is 1. The highest BCUT2D eigenvalue weighted by Crippen LogP contribution is 2.38. The van der Waals surface area contributed by atoms with E-state index in [2.05, 4.69) is 43.5 Å². The van der Waals surface area contributed by atoms with E-state index in [9.17, 15) is 19.4 Å². The first-order valence-corrected chi connectivity index (χ1v) is 34.8. The van der Waals surface area contributed by atoms with Crippen LogP contribution in [0, 0.1) is 0 Å². The second kappa shape index (κ2) is 58.4. The Morgan fingerprint density at radius 1 is 0.447 bits per heavy atom. The highest BCUT2D eigenvalue weighted by atomic mass is 31.2. The lowest BCUT2D eigenvalue weighted by Crippen LogP contribution is -2.45. The molecule has 1 amide bonds. The van der Waals surface area contributed by atoms with Crippen LogP contribution >= 0.6 is 7.82 Å². The molecule has 0 saturated heterocycles. The normalized spacial score (nSPS) is 13.9. The summed E-state index contributed by atoms with van der Waals surface area (Å²) in [6.45, 7) is 4.67. The molecule has 0 aliphatic rings. The van der Waals surface area contributed by atoms with Crippen molar-refractivity contribution >= 4 is 13.7 Å². The molecule has 2 N–H and O–H groups in total. The lowest BCUT2D eigenvalue weighted by Gasteiger charge is -2.29. The van der Waals surface area contributed by atoms with Crippen molar-refractivity contribution in [2.24, 2.45) is 0 Å². The van der Waals surface area contributed by atoms with Gasteiger partial charge in [-0.2, -0.15) is 0 Å². The Morgan fingerprint density at radius 2 is 0.737 bits per heavy atom. The molecule has 0 radical (unpaired) electrons. The Kier molecular flexibility index (Phi) is 57.4. The van der Waals surface area contributed by atoms with Crippen LogP contribution in [0.3, 0.4) is 0 Å². The van der Waals surface area contributed by atoms with E-state index >= 15 is 0 Å². The number of nitrogens with one attached hydrogen (secondary N) is 1. The fraction of sp³-hybridized carbons (Fsp3) is 0.896. The number of amides is 1. The van der Waals surface area contributed by atoms with E-state index in [1.165, 1.54) is 270 Å². The number of carbonyl (C=O) groups is 1. The van der Waals surface area contributed by atoms with Gasteiger partial charge >= 0.3 is 0 Å². The first-order valence-electron chi connectivity index (χ1n) is 33.4. The third-order valence-corrected chi connectivity index (χ3v) is 16.3. The Bertz CT molecular complexity index is 1330. The second-order valence-electron chi connectivity index (χ2n) is 24.2. The summed E-state index contributed by atoms with van der Waals surface area (Å²) in [6, 6.07) is -0.909. The zero-order chi connectivity index (χ0) is 55.6. The molecule has 8 nitrogen and oxygen atoms in total. The van der Waals surface area contributed by atoms with Crippen molar-refractivity contribution in [2.45, 2.75) is 347 Å². The number of allylic oxidation sites excluding steroid dienone is 5. The Balaban J connectivity index is 4.06. The zero-order valence-electron chi connectivity index (χ0n) is 51.5. The monoisotopic (exact) mass is 1090 g/mol. The van der Waals surface area contributed by atoms with Gasteiger partial charge in [-0.1, -0.05) is 320 Å². The maximum absolute atomic E-state index is 13.0. The number of nitrogens with zero attached hydrogens (tertiary/aromatic N) is 1. The average molecular weight is 1090 g/mol. The number of phosphoric acid groups is 1. The first kappa shape index (κ1) is 74.7. The predicted molar refractivity (Wildman–Crippen MR) is 330 cm³/mol. The van der Waals surface area contributed by atoms with Crippen LogP contribution in [-0.4, -0.2) is 68.5 Å². The van der Waals surface area contributed by atoms with Gasteiger partial charge < -0.3 is 28.8 Å². The molecule has 0 spiro atoms. The number of likely N-dealkylation sites (N-methyl/N-ethyl adjacent to an activating group) is 1. The molecule has 0 aliphatic heterocycles. The molecular formula is C67H131N2O6P. The molecular weight excluding hydrogens is 960 g/mol. The van der Waals surface area contributed by atoms with Gasteiger partial charge in [0.2, 0.25) is 5.91 Å². The number of hydrogen-bond acceptors (Lipinski definition) is 6. The number of quaternary nitrogens is 1. The molecule has 76 heavy (non-hydrogen) atoms. The van der Waals surface area contributed by atoms with E-state index in [0.29, 0.717) is 17.4 Å². The summed E-state index contributed by atoms with van der Waals surface area (Å²) in [5.41, 5.74) is 0. The largest absolute Gasteiger partial charge is 0.756 e. The molecule has 450 valence electrons. The van der Waals surface area contributed by atoms with Crippen molar-refractivity contribution < 1.29 is 32.9 Å². The fourth-order valence-electron chi connectivity index (χ4n) is 10.1. The predicted octanol–water partition coefficient (Wildman–Crippen LogP) is 20.3. The van der Waals surface area contributed by atoms with Crippen LogP contribution in [0.2, 0.25) is 0 Å². The second-order valence-corrected chi connectivity index (χ2v) is 25.6. The number of hydrogen-bond donors (Lipinski definition) is 2. The Morgan fingerprint density at radius 3 is 1.07 bits per heavy atom. The molecule has 3 atom stereocenters. The molecule has 0 heterocycles. The molecule has 0 aliphatic carbocycles. The van der Waals surface area contributed by atoms with Crippen LogP contribution in [-0.2, 0) is 18.4 Å². The van der Waals surface area contributed by atoms with Crippen LogP contribution in [0.4, 0.5) is 0 Å². The van der Waals surface area contributed by atoms with Crippen LogP contribution < -0.4 is 10.2 Å². The highest BCUT2D eigenvalue weighted by Gasteiger charge is 2.23. The fourth-order valence-corrected chi connectivity index (χ4v) is 10.9. The quantitative estimate of drug-likeness (QED) is 0.0272. The van der Waals surface area contributed by atoms with Gasteiger partial charge in [-0.15, -0.1) is 0 Å². The van der Waals surface area contributed by atoms with Gasteiger partial charge in [0, 0.05) is 6.42 Å². The van der Waals surface area contributed by atoms with E-state index in [-0.39, 0.29) is 12.5 Å². The van der Waals surface area contributed by atoms with Crippen molar-refractivity contribution in [3.63, 3.8) is 0 Å². The summed E-state index contributed by atoms with van der Waals surface area (Å²) in [7, 11) is 1.25. The summed E-state index contributed by atoms with van der Waals surface area (Å²) in [5, 5.41) is 13.9. The summed E-state index contributed by atoms with van der Waals surface area (Å²) >= 11 is 0. The van der Waals surface area contributed by atoms with Crippen LogP contribution in [0.1, 0.15) is 335 Å². The van der Waals surface area contributed by atoms with Gasteiger partial charge in [0.25, 0.3) is 7.82 Å². The SMILES string of the molecule is CCCCCCCCCCCCC/C=C/CC/C=C/CC/C=C/C(O)C(COP(=O)([O-])OCC[N+](C)(C)C)NC(=O)CCCCCCCCCCCCCCCCCCCCCCCCCCCCCCCCCCC. The number of aliphatic hydroxyl groups is 1. The van der Waals surface area contributed by atoms with E-state index in [1.807, 2.05) is 27.2 Å². The smallest absolute Gasteiger partial charge is 0.268 e. The topological polar surface area (TPSA) is 108 Å². The highest BCUT2D eigenvalue weighted by molar-refractivity contribution is 7.45. The number of phosphoric ester groups is 1. The minimum atomic E-state index is -4.61. The lowest BCUT2D eigenvalue weighted by molar-refractivity contribution is -0.870. The molecule has 9 heteroatoms. The van der Waals surface area contributed by atoms with Crippen molar-refractivity contribution in [1.82, 2.24) is 5.32 Å². The van der Waals surface area contributed by atoms with Gasteiger partial charge in [0.05, 0.1) is 39.9 Å². The third-order valence-electron chi connectivity index (χ3n) is 15.3. The summed E-state index contributed by atoms with van der Waals surface area (Å²) in [5.74, 6) is -0.204. The number of carbonyl (C=O) groups excluding carboxylic acids is 1. The van der Waals surface area contributed by atoms with Gasteiger partial charge in [-0.05, 0) is 44.9 Å². The van der Waals surface area contributed by atoms with Crippen LogP contribution in [0.5, 0.6) is 0 Å². The van der Waals surface area contributed by atoms with E-state index in [0.717, 1.165) is 44.9 Å². The van der Waals surface area contributed by atoms with Gasteiger partial charge in [-0.25, -0.2) is 0 Å². The molecule has 0 aromatic rings. The summed E-state index contributed by atoms with van der Waals surface area (Å²) in [4.78, 5) is 25.6. The van der Waals surface area contributed by atoms with Gasteiger partial charge in [0.1, 0.15) is 13.2 Å². The molecule has 0 aromatic carbocycles. The number of unbranched alkanes of at least 4 members (excludes halogenated alkanes) is 45. The first-order chi connectivity index (χ1) is 37.0. The van der Waals surface area contributed by atoms with Crippen molar-refractivity contribution in [1.29, 1.82) is 0 Å². The molecule has 3 unspecified atom stereocenters. The Labute approximate surface area is 474 Å². The molecule has 0 bridgehead atoms. The summed E-state index contributed by atoms with van der Waals surface area (Å²) in [6.07, 6.45) is 77.0. The van der Waals surface area contributed by atoms with E-state index in [1.54, 1.807) is 6.08 Å². The lowest BCUT2D eigenvalue weighted by atomic mass is 10.0. The molecule has 0 fully saturated rings. The minimum Gasteiger partial charge on any atom is -0.756 e.